The van der Waals surface area contributed by atoms with Gasteiger partial charge in [0, 0.05) is 11.8 Å². The van der Waals surface area contributed by atoms with Crippen LogP contribution >= 0.6 is 0 Å². The first-order valence-electron chi connectivity index (χ1n) is 11.0. The van der Waals surface area contributed by atoms with E-state index in [4.69, 9.17) is 9.47 Å². The average Bonchev–Trinajstić information content (AvgIpc) is 3.29. The second kappa shape index (κ2) is 6.26. The lowest BCUT2D eigenvalue weighted by atomic mass is 9.62. The first-order chi connectivity index (χ1) is 14.1. The number of rotatable bonds is 1. The molecule has 4 atom stereocenters. The summed E-state index contributed by atoms with van der Waals surface area (Å²) in [6.07, 6.45) is 13.5. The summed E-state index contributed by atoms with van der Waals surface area (Å²) < 4.78 is 28.8. The Morgan fingerprint density at radius 2 is 1.79 bits per heavy atom. The Morgan fingerprint density at radius 1 is 1.07 bits per heavy atom. The van der Waals surface area contributed by atoms with E-state index < -0.39 is 5.79 Å². The van der Waals surface area contributed by atoms with E-state index >= 15 is 0 Å². The molecule has 1 aromatic heterocycles. The highest BCUT2D eigenvalue weighted by Crippen LogP contribution is 2.59. The smallest absolute Gasteiger partial charge is 0.178 e. The fourth-order valence-corrected chi connectivity index (χ4v) is 6.03. The van der Waals surface area contributed by atoms with Crippen LogP contribution in [0.3, 0.4) is 0 Å². The van der Waals surface area contributed by atoms with Crippen LogP contribution in [0.4, 0.5) is 4.39 Å². The van der Waals surface area contributed by atoms with Crippen LogP contribution in [0.5, 0.6) is 0 Å². The zero-order valence-electron chi connectivity index (χ0n) is 16.9. The summed E-state index contributed by atoms with van der Waals surface area (Å²) in [5.41, 5.74) is 4.45. The van der Waals surface area contributed by atoms with Gasteiger partial charge < -0.3 is 9.47 Å². The molecule has 1 aliphatic heterocycles. The van der Waals surface area contributed by atoms with E-state index in [2.05, 4.69) is 18.1 Å². The van der Waals surface area contributed by atoms with Crippen molar-refractivity contribution >= 4 is 6.08 Å². The molecule has 2 aromatic rings. The summed E-state index contributed by atoms with van der Waals surface area (Å²) in [7, 11) is 0. The van der Waals surface area contributed by atoms with Crippen molar-refractivity contribution in [2.24, 2.45) is 5.41 Å². The summed E-state index contributed by atoms with van der Waals surface area (Å²) in [5.74, 6) is -0.737. The van der Waals surface area contributed by atoms with Crippen LogP contribution in [0.25, 0.3) is 11.8 Å². The van der Waals surface area contributed by atoms with Crippen molar-refractivity contribution in [3.05, 3.63) is 53.1 Å². The molecule has 1 saturated heterocycles. The van der Waals surface area contributed by atoms with Gasteiger partial charge in [-0.3, -0.25) is 0 Å². The van der Waals surface area contributed by atoms with E-state index in [1.54, 1.807) is 12.1 Å². The third-order valence-corrected chi connectivity index (χ3v) is 7.64. The molecule has 0 bridgehead atoms. The summed E-state index contributed by atoms with van der Waals surface area (Å²) in [6, 6.07) is 6.54. The summed E-state index contributed by atoms with van der Waals surface area (Å²) in [4.78, 5) is 0. The Hall–Kier alpha value is -1.98. The van der Waals surface area contributed by atoms with Gasteiger partial charge in [-0.15, -0.1) is 0 Å². The Labute approximate surface area is 170 Å². The van der Waals surface area contributed by atoms with Crippen LogP contribution in [0.2, 0.25) is 0 Å². The van der Waals surface area contributed by atoms with Gasteiger partial charge in [-0.2, -0.15) is 5.10 Å². The van der Waals surface area contributed by atoms with Crippen LogP contribution in [-0.4, -0.2) is 27.8 Å². The molecule has 3 fully saturated rings. The Morgan fingerprint density at radius 3 is 2.52 bits per heavy atom. The van der Waals surface area contributed by atoms with Crippen LogP contribution in [0, 0.1) is 11.2 Å². The predicted molar refractivity (Wildman–Crippen MR) is 108 cm³/mol. The van der Waals surface area contributed by atoms with Crippen molar-refractivity contribution in [1.82, 2.24) is 9.78 Å². The zero-order valence-corrected chi connectivity index (χ0v) is 16.9. The Kier molecular flexibility index (Phi) is 3.85. The molecule has 2 saturated carbocycles. The Balaban J connectivity index is 1.40. The second-order valence-electron chi connectivity index (χ2n) is 9.33. The molecule has 1 unspecified atom stereocenters. The van der Waals surface area contributed by atoms with Gasteiger partial charge in [-0.1, -0.05) is 25.3 Å². The minimum absolute atomic E-state index is 0.160. The van der Waals surface area contributed by atoms with Gasteiger partial charge in [-0.25, -0.2) is 9.07 Å². The van der Waals surface area contributed by atoms with Gasteiger partial charge >= 0.3 is 0 Å². The fourth-order valence-electron chi connectivity index (χ4n) is 6.03. The molecule has 5 heteroatoms. The monoisotopic (exact) mass is 394 g/mol. The van der Waals surface area contributed by atoms with E-state index in [1.165, 1.54) is 36.1 Å². The lowest BCUT2D eigenvalue weighted by Gasteiger charge is -2.51. The number of ether oxygens (including phenoxy) is 2. The first-order valence-corrected chi connectivity index (χ1v) is 11.0. The molecule has 4 aliphatic rings. The summed E-state index contributed by atoms with van der Waals surface area (Å²) in [5, 5.41) is 4.64. The van der Waals surface area contributed by atoms with Gasteiger partial charge in [0.15, 0.2) is 5.79 Å². The Bertz CT molecular complexity index is 965. The van der Waals surface area contributed by atoms with Crippen molar-refractivity contribution in [1.29, 1.82) is 0 Å². The molecule has 29 heavy (non-hydrogen) atoms. The molecule has 1 aromatic carbocycles. The van der Waals surface area contributed by atoms with Gasteiger partial charge in [0.2, 0.25) is 0 Å². The second-order valence-corrected chi connectivity index (χ2v) is 9.33. The molecular weight excluding hydrogens is 367 g/mol. The normalized spacial score (nSPS) is 35.7. The zero-order chi connectivity index (χ0) is 19.6. The van der Waals surface area contributed by atoms with E-state index in [-0.39, 0.29) is 23.4 Å². The maximum absolute atomic E-state index is 13.4. The molecule has 152 valence electrons. The predicted octanol–water partition coefficient (Wildman–Crippen LogP) is 5.20. The lowest BCUT2D eigenvalue weighted by Crippen LogP contribution is -2.53. The average molecular weight is 394 g/mol. The molecule has 2 heterocycles. The highest BCUT2D eigenvalue weighted by molar-refractivity contribution is 5.62. The highest BCUT2D eigenvalue weighted by atomic mass is 19.1. The molecular formula is C24H27FN2O2. The van der Waals surface area contributed by atoms with E-state index in [9.17, 15) is 4.39 Å². The van der Waals surface area contributed by atoms with Crippen LogP contribution in [0.15, 0.2) is 36.0 Å². The van der Waals surface area contributed by atoms with Crippen molar-refractivity contribution < 1.29 is 13.9 Å². The van der Waals surface area contributed by atoms with Crippen LogP contribution in [0.1, 0.15) is 63.1 Å². The quantitative estimate of drug-likeness (QED) is 0.667. The van der Waals surface area contributed by atoms with Crippen molar-refractivity contribution in [2.45, 2.75) is 76.3 Å². The van der Waals surface area contributed by atoms with E-state index in [1.807, 2.05) is 10.9 Å². The third-order valence-electron chi connectivity index (χ3n) is 7.64. The fraction of sp³-hybridized carbons (Fsp3) is 0.542. The minimum Gasteiger partial charge on any atom is -0.343 e. The SMILES string of the molecule is C[C@]12Cc3cnn(-c4ccc(F)cc4)c3C=C1CCCC21O[C@H]2CCCC[C@H]2O1. The van der Waals surface area contributed by atoms with Gasteiger partial charge in [-0.05, 0) is 68.0 Å². The number of hydrogen-bond donors (Lipinski definition) is 0. The van der Waals surface area contributed by atoms with Crippen molar-refractivity contribution in [3.63, 3.8) is 0 Å². The minimum atomic E-state index is -0.508. The molecule has 3 aliphatic carbocycles. The molecule has 6 rings (SSSR count). The van der Waals surface area contributed by atoms with Crippen molar-refractivity contribution in [2.75, 3.05) is 0 Å². The maximum atomic E-state index is 13.4. The molecule has 0 amide bonds. The standard InChI is InChI=1S/C24H27FN2O2/c1-23-14-16-15-26-27(19-10-8-18(25)9-11-19)20(16)13-17(23)5-4-12-24(23)28-21-6-2-3-7-22(21)29-24/h8-11,13,15,21-22H,2-7,12,14H2,1H3/t21-,22+,23-,24?/m0/s1. The number of aromatic nitrogens is 2. The number of hydrogen-bond acceptors (Lipinski definition) is 3. The highest BCUT2D eigenvalue weighted by Gasteiger charge is 2.61. The molecule has 0 radical (unpaired) electrons. The molecule has 1 spiro atoms. The van der Waals surface area contributed by atoms with Crippen LogP contribution in [-0.2, 0) is 15.9 Å². The molecule has 0 N–H and O–H groups in total. The number of benzene rings is 1. The third kappa shape index (κ3) is 2.53. The topological polar surface area (TPSA) is 36.3 Å². The van der Waals surface area contributed by atoms with Gasteiger partial charge in [0.25, 0.3) is 0 Å². The van der Waals surface area contributed by atoms with E-state index in [0.717, 1.165) is 49.9 Å². The number of nitrogens with zero attached hydrogens (tertiary/aromatic N) is 2. The number of halogens is 1. The largest absolute Gasteiger partial charge is 0.343 e. The van der Waals surface area contributed by atoms with E-state index in [0.29, 0.717) is 0 Å². The lowest BCUT2D eigenvalue weighted by molar-refractivity contribution is -0.247. The first kappa shape index (κ1) is 17.8. The van der Waals surface area contributed by atoms with Gasteiger partial charge in [0.1, 0.15) is 5.82 Å². The van der Waals surface area contributed by atoms with Crippen LogP contribution < -0.4 is 0 Å². The number of fused-ring (bicyclic) bond motifs is 4. The molecule has 4 nitrogen and oxygen atoms in total. The summed E-state index contributed by atoms with van der Waals surface area (Å²) >= 11 is 0. The summed E-state index contributed by atoms with van der Waals surface area (Å²) in [6.45, 7) is 2.33. The maximum Gasteiger partial charge on any atom is 0.178 e. The van der Waals surface area contributed by atoms with Gasteiger partial charge in [0.05, 0.1) is 29.8 Å². The van der Waals surface area contributed by atoms with Crippen molar-refractivity contribution in [3.8, 4) is 5.69 Å².